The van der Waals surface area contributed by atoms with Crippen molar-refractivity contribution < 1.29 is 0 Å². The minimum Gasteiger partial charge on any atom is -0.384 e. The van der Waals surface area contributed by atoms with E-state index in [1.54, 1.807) is 0 Å². The summed E-state index contributed by atoms with van der Waals surface area (Å²) in [6.45, 7) is 2.05. The first kappa shape index (κ1) is 11.9. The topological polar surface area (TPSA) is 51.8 Å². The van der Waals surface area contributed by atoms with Gasteiger partial charge in [0.1, 0.15) is 11.6 Å². The molecule has 88 valence electrons. The second-order valence-corrected chi connectivity index (χ2v) is 4.30. The third-order valence-corrected chi connectivity index (χ3v) is 2.69. The minimum atomic E-state index is 0.522. The van der Waals surface area contributed by atoms with Crippen LogP contribution in [0.2, 0.25) is 5.02 Å². The van der Waals surface area contributed by atoms with Crippen LogP contribution in [0.5, 0.6) is 0 Å². The maximum absolute atomic E-state index is 5.94. The Kier molecular flexibility index (Phi) is 3.59. The molecule has 2 rings (SSSR count). The van der Waals surface area contributed by atoms with Gasteiger partial charge in [-0.25, -0.2) is 9.97 Å². The van der Waals surface area contributed by atoms with E-state index in [2.05, 4.69) is 9.97 Å². The molecule has 0 saturated heterocycles. The number of nitrogen functional groups attached to an aromatic ring is 1. The van der Waals surface area contributed by atoms with Gasteiger partial charge in [0.05, 0.1) is 0 Å². The number of benzene rings is 1. The summed E-state index contributed by atoms with van der Waals surface area (Å²) >= 11 is 5.94. The maximum atomic E-state index is 5.94. The Morgan fingerprint density at radius 3 is 2.76 bits per heavy atom. The molecule has 0 radical (unpaired) electrons. The van der Waals surface area contributed by atoms with Gasteiger partial charge in [0, 0.05) is 23.2 Å². The van der Waals surface area contributed by atoms with Crippen LogP contribution in [-0.4, -0.2) is 9.97 Å². The van der Waals surface area contributed by atoms with Gasteiger partial charge in [0.2, 0.25) is 0 Å². The Hall–Kier alpha value is -1.61. The molecule has 0 amide bonds. The van der Waals surface area contributed by atoms with Gasteiger partial charge in [-0.2, -0.15) is 0 Å². The molecule has 1 aromatic carbocycles. The number of aryl methyl sites for hydroxylation is 1. The van der Waals surface area contributed by atoms with Crippen molar-refractivity contribution in [3.8, 4) is 0 Å². The van der Waals surface area contributed by atoms with Gasteiger partial charge >= 0.3 is 0 Å². The zero-order valence-electron chi connectivity index (χ0n) is 9.65. The van der Waals surface area contributed by atoms with E-state index in [0.29, 0.717) is 12.2 Å². The number of rotatable bonds is 3. The lowest BCUT2D eigenvalue weighted by atomic mass is 10.1. The predicted octanol–water partition coefficient (Wildman–Crippen LogP) is 2.87. The van der Waals surface area contributed by atoms with Crippen LogP contribution >= 0.6 is 11.6 Å². The Labute approximate surface area is 106 Å². The number of hydrogen-bond donors (Lipinski definition) is 1. The van der Waals surface area contributed by atoms with E-state index >= 15 is 0 Å². The zero-order chi connectivity index (χ0) is 12.3. The highest BCUT2D eigenvalue weighted by Crippen LogP contribution is 2.14. The molecular formula is C13H14ClN3. The molecule has 0 atom stereocenters. The van der Waals surface area contributed by atoms with E-state index in [0.717, 1.165) is 28.5 Å². The Bertz CT molecular complexity index is 526. The molecule has 0 bridgehead atoms. The first-order chi connectivity index (χ1) is 8.17. The third-order valence-electron chi connectivity index (χ3n) is 2.46. The van der Waals surface area contributed by atoms with Crippen molar-refractivity contribution in [2.24, 2.45) is 0 Å². The van der Waals surface area contributed by atoms with Crippen LogP contribution in [0.1, 0.15) is 24.0 Å². The van der Waals surface area contributed by atoms with Crippen molar-refractivity contribution in [1.82, 2.24) is 9.97 Å². The molecule has 2 aromatic rings. The van der Waals surface area contributed by atoms with E-state index in [-0.39, 0.29) is 0 Å². The fourth-order valence-corrected chi connectivity index (χ4v) is 1.88. The molecule has 1 heterocycles. The molecule has 3 nitrogen and oxygen atoms in total. The van der Waals surface area contributed by atoms with Crippen molar-refractivity contribution in [3.63, 3.8) is 0 Å². The molecule has 0 saturated carbocycles. The lowest BCUT2D eigenvalue weighted by Crippen LogP contribution is -2.03. The highest BCUT2D eigenvalue weighted by atomic mass is 35.5. The van der Waals surface area contributed by atoms with Crippen LogP contribution in [0, 0.1) is 0 Å². The number of hydrogen-bond acceptors (Lipinski definition) is 3. The summed E-state index contributed by atoms with van der Waals surface area (Å²) in [5.74, 6) is 1.26. The van der Waals surface area contributed by atoms with Crippen molar-refractivity contribution in [1.29, 1.82) is 0 Å². The van der Waals surface area contributed by atoms with Gasteiger partial charge < -0.3 is 5.73 Å². The lowest BCUT2D eigenvalue weighted by Gasteiger charge is -2.04. The average molecular weight is 248 g/mol. The van der Waals surface area contributed by atoms with Crippen LogP contribution in [0.15, 0.2) is 30.3 Å². The molecular weight excluding hydrogens is 234 g/mol. The van der Waals surface area contributed by atoms with Crippen molar-refractivity contribution in [2.75, 3.05) is 5.73 Å². The van der Waals surface area contributed by atoms with E-state index in [4.69, 9.17) is 17.3 Å². The summed E-state index contributed by atoms with van der Waals surface area (Å²) in [7, 11) is 0. The molecule has 1 aromatic heterocycles. The van der Waals surface area contributed by atoms with E-state index in [1.807, 2.05) is 37.3 Å². The van der Waals surface area contributed by atoms with Crippen LogP contribution in [0.4, 0.5) is 5.82 Å². The second kappa shape index (κ2) is 5.15. The summed E-state index contributed by atoms with van der Waals surface area (Å²) in [5.41, 5.74) is 7.80. The fraction of sp³-hybridized carbons (Fsp3) is 0.231. The van der Waals surface area contributed by atoms with Crippen molar-refractivity contribution in [3.05, 3.63) is 52.4 Å². The SMILES string of the molecule is CCc1cc(N)nc(Cc2cccc(Cl)c2)n1. The van der Waals surface area contributed by atoms with Gasteiger partial charge in [-0.3, -0.25) is 0 Å². The number of nitrogens with zero attached hydrogens (tertiary/aromatic N) is 2. The van der Waals surface area contributed by atoms with Gasteiger partial charge in [-0.1, -0.05) is 30.7 Å². The summed E-state index contributed by atoms with van der Waals surface area (Å²) in [5, 5.41) is 0.724. The van der Waals surface area contributed by atoms with Gasteiger partial charge in [0.15, 0.2) is 0 Å². The molecule has 0 aliphatic heterocycles. The molecule has 17 heavy (non-hydrogen) atoms. The quantitative estimate of drug-likeness (QED) is 0.907. The largest absolute Gasteiger partial charge is 0.384 e. The second-order valence-electron chi connectivity index (χ2n) is 3.86. The maximum Gasteiger partial charge on any atom is 0.135 e. The van der Waals surface area contributed by atoms with E-state index < -0.39 is 0 Å². The first-order valence-electron chi connectivity index (χ1n) is 5.54. The third kappa shape index (κ3) is 3.17. The number of anilines is 1. The van der Waals surface area contributed by atoms with Gasteiger partial charge in [-0.15, -0.1) is 0 Å². The van der Waals surface area contributed by atoms with E-state index in [9.17, 15) is 0 Å². The van der Waals surface area contributed by atoms with Crippen molar-refractivity contribution in [2.45, 2.75) is 19.8 Å². The lowest BCUT2D eigenvalue weighted by molar-refractivity contribution is 0.911. The van der Waals surface area contributed by atoms with Crippen LogP contribution in [-0.2, 0) is 12.8 Å². The molecule has 0 aliphatic rings. The predicted molar refractivity (Wildman–Crippen MR) is 70.1 cm³/mol. The van der Waals surface area contributed by atoms with Crippen LogP contribution in [0.25, 0.3) is 0 Å². The standard InChI is InChI=1S/C13H14ClN3/c1-2-11-8-12(15)17-13(16-11)7-9-4-3-5-10(14)6-9/h3-6,8H,2,7H2,1H3,(H2,15,16,17). The molecule has 0 spiro atoms. The number of nitrogens with two attached hydrogens (primary N) is 1. The normalized spacial score (nSPS) is 10.5. The summed E-state index contributed by atoms with van der Waals surface area (Å²) in [4.78, 5) is 8.67. The Morgan fingerprint density at radius 1 is 1.24 bits per heavy atom. The van der Waals surface area contributed by atoms with Crippen molar-refractivity contribution >= 4 is 17.4 Å². The van der Waals surface area contributed by atoms with E-state index in [1.165, 1.54) is 0 Å². The van der Waals surface area contributed by atoms with Crippen LogP contribution in [0.3, 0.4) is 0 Å². The first-order valence-corrected chi connectivity index (χ1v) is 5.92. The monoisotopic (exact) mass is 247 g/mol. The zero-order valence-corrected chi connectivity index (χ0v) is 10.4. The highest BCUT2D eigenvalue weighted by Gasteiger charge is 2.03. The minimum absolute atomic E-state index is 0.522. The Morgan fingerprint density at radius 2 is 2.06 bits per heavy atom. The molecule has 0 aliphatic carbocycles. The molecule has 0 fully saturated rings. The average Bonchev–Trinajstić information content (AvgIpc) is 2.28. The molecule has 0 unspecified atom stereocenters. The summed E-state index contributed by atoms with van der Waals surface area (Å²) in [6, 6.07) is 9.50. The van der Waals surface area contributed by atoms with Gasteiger partial charge in [0.25, 0.3) is 0 Å². The summed E-state index contributed by atoms with van der Waals surface area (Å²) < 4.78 is 0. The smallest absolute Gasteiger partial charge is 0.135 e. The number of halogens is 1. The number of aromatic nitrogens is 2. The summed E-state index contributed by atoms with van der Waals surface area (Å²) in [6.07, 6.45) is 1.51. The molecule has 2 N–H and O–H groups in total. The van der Waals surface area contributed by atoms with Crippen LogP contribution < -0.4 is 5.73 Å². The molecule has 4 heteroatoms. The van der Waals surface area contributed by atoms with Gasteiger partial charge in [-0.05, 0) is 24.1 Å². The highest BCUT2D eigenvalue weighted by molar-refractivity contribution is 6.30. The fourth-order valence-electron chi connectivity index (χ4n) is 1.66. The Balaban J connectivity index is 2.26.